The Hall–Kier alpha value is -6.01. The number of ether oxygens (including phenoxy) is 1. The van der Waals surface area contributed by atoms with Gasteiger partial charge in [-0.05, 0) is 332 Å². The number of nitrogens with one attached hydrogen (secondary N) is 4. The van der Waals surface area contributed by atoms with Crippen molar-refractivity contribution < 1.29 is 138 Å². The number of amides is 5. The number of carbonyl (C=O) groups is 10. The molecular weight excluding hydrogens is 1800 g/mol. The Morgan fingerprint density at radius 1 is 0.443 bits per heavy atom. The summed E-state index contributed by atoms with van der Waals surface area (Å²) in [6.45, 7) is 56.9. The third-order valence-electron chi connectivity index (χ3n) is 32.1. The van der Waals surface area contributed by atoms with E-state index in [4.69, 9.17) is 86.6 Å². The molecule has 4 saturated heterocycles. The first-order chi connectivity index (χ1) is 63.7. The smallest absolute Gasteiger partial charge is 0.457 e. The highest BCUT2D eigenvalue weighted by Gasteiger charge is 2.56. The second-order valence-electron chi connectivity index (χ2n) is 47.8. The molecule has 4 aliphatic carbocycles. The molecule has 4 saturated carbocycles. The number of rotatable bonds is 29. The highest BCUT2D eigenvalue weighted by Crippen LogP contribution is 2.50. The van der Waals surface area contributed by atoms with Gasteiger partial charge in [0.15, 0.2) is 0 Å². The van der Waals surface area contributed by atoms with Gasteiger partial charge in [0.2, 0.25) is 23.6 Å². The van der Waals surface area contributed by atoms with Crippen LogP contribution in [0.15, 0.2) is 12.7 Å². The number of hydrogen-bond acceptors (Lipinski definition) is 27. The molecule has 25 N–H and O–H groups in total. The Morgan fingerprint density at radius 3 is 1.16 bits per heavy atom. The molecule has 43 heteroatoms. The van der Waals surface area contributed by atoms with E-state index in [1.807, 2.05) is 54.5 Å². The lowest BCUT2D eigenvalue weighted by molar-refractivity contribution is -0.162. The molecule has 0 aromatic rings. The first-order valence-electron chi connectivity index (χ1n) is 51.0. The van der Waals surface area contributed by atoms with Crippen LogP contribution >= 0.6 is 0 Å². The monoisotopic (exact) mass is 1990 g/mol. The molecule has 8 aliphatic rings. The van der Waals surface area contributed by atoms with Crippen molar-refractivity contribution in [3.05, 3.63) is 12.7 Å². The number of allylic oxidation sites excluding steroid dienone is 1. The van der Waals surface area contributed by atoms with Gasteiger partial charge in [0.25, 0.3) is 0 Å². The maximum Gasteiger partial charge on any atom is 0.457 e. The number of hydrogen-bond donors (Lipinski definition) is 22. The van der Waals surface area contributed by atoms with Crippen LogP contribution in [0.2, 0.25) is 37.9 Å². The van der Waals surface area contributed by atoms with Crippen LogP contribution in [0.4, 0.5) is 4.79 Å². The van der Waals surface area contributed by atoms with Crippen molar-refractivity contribution >= 4 is 102 Å². The van der Waals surface area contributed by atoms with E-state index in [9.17, 15) is 68.4 Å². The Labute approximate surface area is 837 Å². The minimum absolute atomic E-state index is 0.0275. The van der Waals surface area contributed by atoms with Gasteiger partial charge >= 0.3 is 78.7 Å². The van der Waals surface area contributed by atoms with Crippen molar-refractivity contribution in [2.24, 2.45) is 109 Å². The molecule has 8 fully saturated rings. The van der Waals surface area contributed by atoms with E-state index in [0.717, 1.165) is 70.7 Å². The fourth-order valence-corrected chi connectivity index (χ4v) is 20.6. The first kappa shape index (κ1) is 130. The summed E-state index contributed by atoms with van der Waals surface area (Å²) in [5.41, 5.74) is 10.1. The SMILES string of the molecule is C=C[C@@H]1CC[C@@H](C)[C@@](C)(C(=O)NC(C)(C)C)C1.C[C@@H]1CC[C@@H](CCB(O)O)C[C@]1(C)C(=O)O.C[C@@H]1CC[C@@H](CCB(O)O)C[C@]1(N)C(=O)O.C[C@@H]1CC[C@@H](CCB2OC(C)(C)C(C)(C)O2)C[C@]1(C)C(=O)NC(C)(C)C.C[C@@H]1NC[C@@H](CCB(O)O)C[C@]1(C)C(=O)O.C[C@H](N)C(=O)N1C[C@@H](CCB(O)O)C[C@](N)(C(=O)O)[C@@H]1C.C[C@H](NC(=O)OC(C)(C)C)C(=O)N1C[C@@H](CCB(O)O)C[C@](C)(C(=O)O)[C@@H]1C. The highest BCUT2D eigenvalue weighted by molar-refractivity contribution is 6.45. The minimum atomic E-state index is -1.56. The van der Waals surface area contributed by atoms with Gasteiger partial charge in [0.05, 0.1) is 39.5 Å². The van der Waals surface area contributed by atoms with Crippen LogP contribution in [0.25, 0.3) is 0 Å². The summed E-state index contributed by atoms with van der Waals surface area (Å²) < 4.78 is 17.4. The molecule has 23 atom stereocenters. The summed E-state index contributed by atoms with van der Waals surface area (Å²) in [5, 5.41) is 148. The van der Waals surface area contributed by atoms with Gasteiger partial charge in [-0.15, -0.1) is 6.58 Å². The van der Waals surface area contributed by atoms with E-state index in [0.29, 0.717) is 107 Å². The number of likely N-dealkylation sites (tertiary alicyclic amines) is 2. The number of nitrogens with zero attached hydrogens (tertiary/aromatic N) is 2. The van der Waals surface area contributed by atoms with Crippen molar-refractivity contribution in [3.63, 3.8) is 0 Å². The molecule has 0 aromatic heterocycles. The molecular formula is C97H185B6N9O28. The minimum Gasteiger partial charge on any atom is -0.481 e. The summed E-state index contributed by atoms with van der Waals surface area (Å²) in [7, 11) is -6.94. The van der Waals surface area contributed by atoms with E-state index in [1.54, 1.807) is 48.5 Å². The normalized spacial score (nSPS) is 32.3. The van der Waals surface area contributed by atoms with E-state index in [2.05, 4.69) is 104 Å². The highest BCUT2D eigenvalue weighted by atomic mass is 16.7. The zero-order valence-electron chi connectivity index (χ0n) is 89.8. The summed E-state index contributed by atoms with van der Waals surface area (Å²) in [5.74, 6) is -2.67. The molecule has 8 rings (SSSR count). The van der Waals surface area contributed by atoms with Crippen LogP contribution in [0.1, 0.15) is 322 Å². The van der Waals surface area contributed by atoms with Crippen molar-refractivity contribution in [3.8, 4) is 0 Å². The Balaban J connectivity index is 0.000000559. The van der Waals surface area contributed by atoms with Crippen LogP contribution < -0.4 is 38.5 Å². The third kappa shape index (κ3) is 39.3. The largest absolute Gasteiger partial charge is 0.481 e. The maximum atomic E-state index is 13.0. The molecule has 0 radical (unpaired) electrons. The molecule has 804 valence electrons. The van der Waals surface area contributed by atoms with Crippen molar-refractivity contribution in [2.75, 3.05) is 19.6 Å². The maximum absolute atomic E-state index is 13.0. The zero-order valence-corrected chi connectivity index (χ0v) is 89.8. The van der Waals surface area contributed by atoms with Gasteiger partial charge in [0, 0.05) is 47.1 Å². The molecule has 0 aromatic carbocycles. The molecule has 4 aliphatic heterocycles. The number of aliphatic carboxylic acids is 5. The van der Waals surface area contributed by atoms with Gasteiger partial charge in [0.1, 0.15) is 22.7 Å². The van der Waals surface area contributed by atoms with Crippen LogP contribution in [-0.4, -0.2) is 277 Å². The van der Waals surface area contributed by atoms with Crippen LogP contribution in [0.5, 0.6) is 0 Å². The molecule has 4 heterocycles. The summed E-state index contributed by atoms with van der Waals surface area (Å²) in [6, 6.07) is -2.95. The van der Waals surface area contributed by atoms with E-state index < -0.39 is 135 Å². The van der Waals surface area contributed by atoms with Crippen molar-refractivity contribution in [1.82, 2.24) is 31.1 Å². The Bertz CT molecular complexity index is 3820. The number of alkyl carbamates (subject to hydrolysis) is 1. The average Bonchev–Trinajstić information content (AvgIpc) is 1.22. The van der Waals surface area contributed by atoms with Crippen molar-refractivity contribution in [1.29, 1.82) is 0 Å². The predicted octanol–water partition coefficient (Wildman–Crippen LogP) is 9.04. The van der Waals surface area contributed by atoms with Gasteiger partial charge in [-0.3, -0.25) is 43.2 Å². The fourth-order valence-electron chi connectivity index (χ4n) is 20.6. The Morgan fingerprint density at radius 2 is 0.779 bits per heavy atom. The van der Waals surface area contributed by atoms with Gasteiger partial charge in [-0.1, -0.05) is 105 Å². The van der Waals surface area contributed by atoms with Gasteiger partial charge < -0.3 is 138 Å². The molecule has 5 amide bonds. The fraction of sp³-hybridized carbons (Fsp3) is 0.876. The number of carboxylic acids is 5. The molecule has 0 unspecified atom stereocenters. The lowest BCUT2D eigenvalue weighted by Crippen LogP contribution is -2.69. The molecule has 140 heavy (non-hydrogen) atoms. The van der Waals surface area contributed by atoms with Crippen LogP contribution in [0.3, 0.4) is 0 Å². The summed E-state index contributed by atoms with van der Waals surface area (Å²) in [6.07, 6.45) is 19.4. The lowest BCUT2D eigenvalue weighted by Gasteiger charge is -2.48. The number of piperidine rings is 3. The van der Waals surface area contributed by atoms with Crippen molar-refractivity contribution in [2.45, 2.75) is 429 Å². The Kier molecular flexibility index (Phi) is 50.7. The average molecular weight is 1990 g/mol. The van der Waals surface area contributed by atoms with E-state index >= 15 is 0 Å². The lowest BCUT2D eigenvalue weighted by atomic mass is 9.62. The second-order valence-corrected chi connectivity index (χ2v) is 47.8. The molecule has 0 spiro atoms. The number of carboxylic acid groups (broad SMARTS) is 5. The summed E-state index contributed by atoms with van der Waals surface area (Å²) >= 11 is 0. The number of nitrogens with two attached hydrogens (primary N) is 3. The molecule has 0 bridgehead atoms. The number of carbonyl (C=O) groups excluding carboxylic acids is 5. The molecule has 37 nitrogen and oxygen atoms in total. The second kappa shape index (κ2) is 54.6. The zero-order chi connectivity index (χ0) is 108. The standard InChI is InChI=1S/C21H40BNO3.C18H33BN2O7.C15H27NO.C12H24BN3O5.C11H21BO4.2C10H20BNO4/c1-15-10-11-16(14-21(15,9)17(24)23-18(2,3)4)12-13-22-25-19(5,6)20(7,8)26-22;1-11(20-16(25)28-17(3,4)5)14(22)21-10-13(7-8-19(26)27)9-18(6,12(21)2)15(23)24;1-7-12-9-8-11(2)15(6,10-12)13(17)16-14(3,4)5;1-7(14)10(17)16-6-9(3-4-13(20)21)5-12(15,8(16)2)11(18)19;1-8-3-4-9(5-6-12(15)16)7-11(8,2)10(13)14;1-7-10(2,9(13)14)5-8(6-12-7)3-4-11(15)16;1-7-2-3-8(4-5-11(15)16)6-10(7,12)9(13)14/h15-16H,10-14H2,1-9H3,(H,23,24);11-13,26-27H,7-10H2,1-6H3,(H,20,25)(H,23,24);7,11-12H,1,8-10H2,2-6H3,(H,16,17);7-9,20-21H,3-6,14-15H2,1-2H3,(H,18,19);8-9,15-16H,3-7H2,1-2H3,(H,13,14);7-8,12,15-16H,3-6H2,1-2H3,(H,13,14);7-8,15-16H,2-6,12H2,1H3,(H,13,14)/t15-,16+,21+;11-,12-,13-,18-;11-,12-,15+;7-,8-,9-,12+;8-,9+,11+;7-,8-,10-;7-,8+,10-/m1010101/s1. The van der Waals surface area contributed by atoms with Gasteiger partial charge in [-0.25, -0.2) is 4.79 Å². The van der Waals surface area contributed by atoms with Crippen LogP contribution in [0, 0.1) is 92.2 Å². The quantitative estimate of drug-likeness (QED) is 0.0245. The summed E-state index contributed by atoms with van der Waals surface area (Å²) in [4.78, 5) is 122. The van der Waals surface area contributed by atoms with E-state index in [1.165, 1.54) is 36.5 Å². The first-order valence-corrected chi connectivity index (χ1v) is 51.0. The predicted molar refractivity (Wildman–Crippen MR) is 545 cm³/mol. The van der Waals surface area contributed by atoms with Gasteiger partial charge in [-0.2, -0.15) is 0 Å². The third-order valence-corrected chi connectivity index (χ3v) is 32.1. The van der Waals surface area contributed by atoms with E-state index in [-0.39, 0.29) is 131 Å². The topological polar surface area (TPSA) is 635 Å². The van der Waals surface area contributed by atoms with Crippen LogP contribution in [-0.2, 0) is 57.2 Å².